The number of benzene rings is 10. The van der Waals surface area contributed by atoms with Gasteiger partial charge in [0.1, 0.15) is 0 Å². The minimum absolute atomic E-state index is 0.0975. The average molecular weight is 833 g/mol. The molecule has 0 spiro atoms. The molecule has 0 radical (unpaired) electrons. The van der Waals surface area contributed by atoms with Crippen molar-refractivity contribution in [3.05, 3.63) is 263 Å². The average Bonchev–Trinajstić information content (AvgIpc) is 3.70. The van der Waals surface area contributed by atoms with Crippen molar-refractivity contribution in [2.75, 3.05) is 0 Å². The smallest absolute Gasteiger partial charge is 0.178 e. The van der Waals surface area contributed by atoms with Crippen molar-refractivity contribution in [2.45, 2.75) is 17.9 Å². The number of hydrogen-bond acceptors (Lipinski definition) is 4. The topological polar surface area (TPSA) is 43.2 Å². The third kappa shape index (κ3) is 5.91. The van der Waals surface area contributed by atoms with E-state index in [4.69, 9.17) is 19.5 Å². The Labute approximate surface area is 377 Å². The molecule has 2 heterocycles. The molecule has 1 atom stereocenters. The second kappa shape index (κ2) is 14.9. The first-order valence-corrected chi connectivity index (χ1v) is 22.3. The van der Waals surface area contributed by atoms with Gasteiger partial charge in [-0.05, 0) is 90.3 Å². The van der Waals surface area contributed by atoms with Gasteiger partial charge in [0.15, 0.2) is 28.8 Å². The second-order valence-corrected chi connectivity index (χ2v) is 17.1. The predicted octanol–water partition coefficient (Wildman–Crippen LogP) is 15.3. The van der Waals surface area contributed by atoms with E-state index in [0.717, 1.165) is 56.2 Å². The van der Waals surface area contributed by atoms with E-state index < -0.39 is 5.41 Å². The highest BCUT2D eigenvalue weighted by Gasteiger charge is 2.48. The summed E-state index contributed by atoms with van der Waals surface area (Å²) in [5, 5.41) is 4.86. The van der Waals surface area contributed by atoms with Crippen LogP contribution < -0.4 is 9.47 Å². The third-order valence-electron chi connectivity index (χ3n) is 13.6. The van der Waals surface area contributed by atoms with E-state index in [1.165, 1.54) is 43.8 Å². The van der Waals surface area contributed by atoms with Gasteiger partial charge in [-0.1, -0.05) is 200 Å². The fourth-order valence-corrected chi connectivity index (χ4v) is 10.6. The van der Waals surface area contributed by atoms with Gasteiger partial charge < -0.3 is 9.47 Å². The SMILES string of the molecule is c1ccc(C2CC(c3ccccc3-c3ccc4c(c3)Oc3c(ccc5c3-c3ccccc3C5(c3ccccc3)c3ccccc3)O4)=NC(c3ccc4c(ccc5ccccc54)c3)=N2)cc1. The van der Waals surface area contributed by atoms with Gasteiger partial charge in [0.2, 0.25) is 0 Å². The molecule has 0 amide bonds. The highest BCUT2D eigenvalue weighted by molar-refractivity contribution is 6.18. The minimum Gasteiger partial charge on any atom is -0.449 e. The molecule has 3 aliphatic rings. The van der Waals surface area contributed by atoms with Crippen LogP contribution in [0.1, 0.15) is 51.4 Å². The zero-order valence-electron chi connectivity index (χ0n) is 35.4. The first kappa shape index (κ1) is 37.2. The van der Waals surface area contributed by atoms with Gasteiger partial charge in [-0.3, -0.25) is 4.99 Å². The first-order chi connectivity index (χ1) is 32.2. The van der Waals surface area contributed by atoms with Crippen molar-refractivity contribution < 1.29 is 9.47 Å². The molecule has 0 aromatic heterocycles. The molecule has 4 nitrogen and oxygen atoms in total. The van der Waals surface area contributed by atoms with Crippen LogP contribution in [0.5, 0.6) is 23.0 Å². The van der Waals surface area contributed by atoms with Gasteiger partial charge in [0.25, 0.3) is 0 Å². The highest BCUT2D eigenvalue weighted by Crippen LogP contribution is 2.62. The summed E-state index contributed by atoms with van der Waals surface area (Å²) < 4.78 is 13.9. The number of rotatable bonds is 6. The maximum Gasteiger partial charge on any atom is 0.178 e. The maximum atomic E-state index is 7.13. The second-order valence-electron chi connectivity index (χ2n) is 17.1. The molecular formula is C61H40N2O2. The molecule has 1 unspecified atom stereocenters. The molecule has 0 fully saturated rings. The van der Waals surface area contributed by atoms with Gasteiger partial charge in [-0.15, -0.1) is 0 Å². The van der Waals surface area contributed by atoms with Crippen molar-refractivity contribution in [2.24, 2.45) is 9.98 Å². The van der Waals surface area contributed by atoms with Gasteiger partial charge in [-0.2, -0.15) is 0 Å². The van der Waals surface area contributed by atoms with Crippen LogP contribution in [0.4, 0.5) is 0 Å². The Balaban J connectivity index is 0.916. The minimum atomic E-state index is -0.546. The van der Waals surface area contributed by atoms with Crippen molar-refractivity contribution >= 4 is 33.1 Å². The Hall–Kier alpha value is -8.34. The summed E-state index contributed by atoms with van der Waals surface area (Å²) in [7, 11) is 0. The molecule has 1 aliphatic carbocycles. The molecule has 0 saturated carbocycles. The number of ether oxygens (including phenoxy) is 2. The Morgan fingerprint density at radius 1 is 0.431 bits per heavy atom. The molecule has 306 valence electrons. The number of nitrogens with zero attached hydrogens (tertiary/aromatic N) is 2. The van der Waals surface area contributed by atoms with Crippen LogP contribution in [-0.4, -0.2) is 11.5 Å². The molecular weight excluding hydrogens is 793 g/mol. The molecule has 0 bridgehead atoms. The van der Waals surface area contributed by atoms with E-state index in [1.807, 2.05) is 6.07 Å². The van der Waals surface area contributed by atoms with Crippen molar-refractivity contribution in [3.63, 3.8) is 0 Å². The summed E-state index contributed by atoms with van der Waals surface area (Å²) in [5.74, 6) is 3.52. The molecule has 10 aromatic carbocycles. The van der Waals surface area contributed by atoms with E-state index in [2.05, 4.69) is 218 Å². The van der Waals surface area contributed by atoms with E-state index >= 15 is 0 Å². The Morgan fingerprint density at radius 2 is 1.06 bits per heavy atom. The molecule has 65 heavy (non-hydrogen) atoms. The van der Waals surface area contributed by atoms with Crippen LogP contribution in [-0.2, 0) is 5.41 Å². The van der Waals surface area contributed by atoms with Crippen LogP contribution in [0.25, 0.3) is 43.8 Å². The van der Waals surface area contributed by atoms with Gasteiger partial charge >= 0.3 is 0 Å². The molecule has 4 heteroatoms. The highest BCUT2D eigenvalue weighted by atomic mass is 16.6. The van der Waals surface area contributed by atoms with Crippen molar-refractivity contribution in [3.8, 4) is 45.3 Å². The number of fused-ring (bicyclic) bond motifs is 9. The summed E-state index contributed by atoms with van der Waals surface area (Å²) in [6, 6.07) is 79.7. The Morgan fingerprint density at radius 3 is 1.86 bits per heavy atom. The van der Waals surface area contributed by atoms with Crippen LogP contribution >= 0.6 is 0 Å². The summed E-state index contributed by atoms with van der Waals surface area (Å²) in [6.07, 6.45) is 0.663. The van der Waals surface area contributed by atoms with E-state index in [9.17, 15) is 0 Å². The fraction of sp³-hybridized carbons (Fsp3) is 0.0492. The van der Waals surface area contributed by atoms with Crippen LogP contribution in [0, 0.1) is 0 Å². The monoisotopic (exact) mass is 832 g/mol. The van der Waals surface area contributed by atoms with Crippen LogP contribution in [0.2, 0.25) is 0 Å². The molecule has 2 aliphatic heterocycles. The summed E-state index contributed by atoms with van der Waals surface area (Å²) >= 11 is 0. The predicted molar refractivity (Wildman–Crippen MR) is 264 cm³/mol. The lowest BCUT2D eigenvalue weighted by Gasteiger charge is -2.34. The number of hydrogen-bond donors (Lipinski definition) is 0. The van der Waals surface area contributed by atoms with Gasteiger partial charge in [-0.25, -0.2) is 4.99 Å². The summed E-state index contributed by atoms with van der Waals surface area (Å²) in [4.78, 5) is 10.7. The summed E-state index contributed by atoms with van der Waals surface area (Å²) in [5.41, 5.74) is 12.8. The molecule has 0 N–H and O–H groups in total. The zero-order chi connectivity index (χ0) is 42.9. The van der Waals surface area contributed by atoms with Gasteiger partial charge in [0.05, 0.1) is 17.2 Å². The van der Waals surface area contributed by atoms with E-state index in [1.54, 1.807) is 0 Å². The summed E-state index contributed by atoms with van der Waals surface area (Å²) in [6.45, 7) is 0. The standard InChI is InChI=1S/C61H40N2O2/c1-4-17-40(18-5-1)53-38-54(63-60(62-53)43-30-32-48-41(36-43)29-28-39-16-10-11-23-46(39)48)49-25-13-12-24-47(49)42-31-34-55-57(37-42)65-59-56(64-55)35-33-52-58(59)50-26-14-15-27-51(50)61(52,44-19-6-2-7-20-44)45-21-8-3-9-22-45/h1-37,53H,38H2. The normalized spacial score (nSPS) is 15.4. The maximum absolute atomic E-state index is 7.13. The lowest BCUT2D eigenvalue weighted by Crippen LogP contribution is -2.28. The lowest BCUT2D eigenvalue weighted by molar-refractivity contribution is 0.360. The van der Waals surface area contributed by atoms with Crippen molar-refractivity contribution in [1.29, 1.82) is 0 Å². The van der Waals surface area contributed by atoms with Crippen LogP contribution in [0.15, 0.2) is 234 Å². The Kier molecular flexibility index (Phi) is 8.53. The van der Waals surface area contributed by atoms with E-state index in [0.29, 0.717) is 23.7 Å². The van der Waals surface area contributed by atoms with Crippen molar-refractivity contribution in [1.82, 2.24) is 0 Å². The van der Waals surface area contributed by atoms with Gasteiger partial charge in [0, 0.05) is 23.1 Å². The van der Waals surface area contributed by atoms with E-state index in [-0.39, 0.29) is 6.04 Å². The molecule has 13 rings (SSSR count). The number of aliphatic imine (C=N–C) groups is 2. The molecule has 0 saturated heterocycles. The Bertz CT molecular complexity index is 3540. The quantitative estimate of drug-likeness (QED) is 0.157. The third-order valence-corrected chi connectivity index (χ3v) is 13.6. The number of amidine groups is 1. The zero-order valence-corrected chi connectivity index (χ0v) is 35.4. The lowest BCUT2D eigenvalue weighted by atomic mass is 9.68. The fourth-order valence-electron chi connectivity index (χ4n) is 10.6. The largest absolute Gasteiger partial charge is 0.449 e. The molecule has 10 aromatic rings. The van der Waals surface area contributed by atoms with Crippen LogP contribution in [0.3, 0.4) is 0 Å². The first-order valence-electron chi connectivity index (χ1n) is 22.3.